The number of esters is 1. The number of benzene rings is 1. The summed E-state index contributed by atoms with van der Waals surface area (Å²) >= 11 is 0. The molecule has 1 unspecified atom stereocenters. The first kappa shape index (κ1) is 26.1. The molecule has 0 bridgehead atoms. The topological polar surface area (TPSA) is 230 Å². The van der Waals surface area contributed by atoms with E-state index in [1.54, 1.807) is 12.3 Å². The van der Waals surface area contributed by atoms with E-state index in [-0.39, 0.29) is 17.0 Å². The Morgan fingerprint density at radius 3 is 2.46 bits per heavy atom. The second-order valence-corrected chi connectivity index (χ2v) is 10.9. The molecule has 0 radical (unpaired) electrons. The molecule has 0 saturated carbocycles. The van der Waals surface area contributed by atoms with Gasteiger partial charge in [0, 0.05) is 23.3 Å². The van der Waals surface area contributed by atoms with Crippen molar-refractivity contribution in [2.24, 2.45) is 10.9 Å². The lowest BCUT2D eigenvalue weighted by Gasteiger charge is -2.19. The highest BCUT2D eigenvalue weighted by Gasteiger charge is 2.43. The van der Waals surface area contributed by atoms with Crippen LogP contribution < -0.4 is 10.9 Å². The number of carbonyl (C=O) groups excluding carboxylic acids is 1. The summed E-state index contributed by atoms with van der Waals surface area (Å²) in [6.45, 7) is 0. The highest BCUT2D eigenvalue weighted by Crippen LogP contribution is 2.40. The van der Waals surface area contributed by atoms with Gasteiger partial charge in [-0.05, 0) is 39.8 Å². The number of primary sulfonamides is 1. The van der Waals surface area contributed by atoms with Gasteiger partial charge in [0.1, 0.15) is 16.3 Å². The molecule has 3 aromatic heterocycles. The first-order chi connectivity index (χ1) is 17.2. The number of rotatable bonds is 7. The Hall–Kier alpha value is -3.94. The number of pyridine rings is 1. The highest BCUT2D eigenvalue weighted by atomic mass is 32.2. The number of aromatic amines is 2. The van der Waals surface area contributed by atoms with Crippen LogP contribution in [0.4, 0.5) is 13.2 Å². The molecule has 19 heteroatoms. The van der Waals surface area contributed by atoms with Crippen molar-refractivity contribution < 1.29 is 39.5 Å². The molecular formula is C18H15F3N8O6S2. The summed E-state index contributed by atoms with van der Waals surface area (Å²) in [4.78, 5) is 16.2. The van der Waals surface area contributed by atoms with E-state index in [9.17, 15) is 34.8 Å². The number of H-pyrrole nitrogens is 2. The molecule has 1 atom stereocenters. The maximum atomic E-state index is 13.1. The fraction of sp³-hybridized carbons (Fsp3) is 0.167. The number of nitrogens with zero attached hydrogens (tertiary/aromatic N) is 4. The van der Waals surface area contributed by atoms with E-state index in [0.717, 1.165) is 6.07 Å². The summed E-state index contributed by atoms with van der Waals surface area (Å²) in [6, 6.07) is 5.27. The van der Waals surface area contributed by atoms with Crippen molar-refractivity contribution in [1.82, 2.24) is 30.6 Å². The SMILES string of the molecule is NC(CS(=O)(=O)c1ccc(-c2ccnc3[nH]ccc23)c(-c2nnn[nH]2)c1S(N)(=O)=O)OC(=O)C(F)(F)F. The quantitative estimate of drug-likeness (QED) is 0.176. The van der Waals surface area contributed by atoms with Crippen molar-refractivity contribution in [3.05, 3.63) is 36.7 Å². The number of alkyl halides is 3. The number of nitrogens with one attached hydrogen (secondary N) is 2. The van der Waals surface area contributed by atoms with Crippen LogP contribution in [0.5, 0.6) is 0 Å². The van der Waals surface area contributed by atoms with Crippen LogP contribution in [0.3, 0.4) is 0 Å². The lowest BCUT2D eigenvalue weighted by molar-refractivity contribution is -0.203. The normalized spacial score (nSPS) is 13.5. The minimum Gasteiger partial charge on any atom is -0.439 e. The van der Waals surface area contributed by atoms with Crippen molar-refractivity contribution >= 4 is 36.9 Å². The average molecular weight is 560 g/mol. The van der Waals surface area contributed by atoms with Gasteiger partial charge in [-0.25, -0.2) is 36.9 Å². The smallest absolute Gasteiger partial charge is 0.439 e. The number of ether oxygens (including phenoxy) is 1. The molecule has 14 nitrogen and oxygen atoms in total. The summed E-state index contributed by atoms with van der Waals surface area (Å²) < 4.78 is 93.2. The third-order valence-corrected chi connectivity index (χ3v) is 7.85. The van der Waals surface area contributed by atoms with E-state index in [4.69, 9.17) is 10.9 Å². The highest BCUT2D eigenvalue weighted by molar-refractivity contribution is 7.93. The van der Waals surface area contributed by atoms with Gasteiger partial charge in [-0.2, -0.15) is 13.2 Å². The number of aromatic nitrogens is 6. The van der Waals surface area contributed by atoms with Crippen LogP contribution in [-0.4, -0.2) is 71.6 Å². The van der Waals surface area contributed by atoms with Gasteiger partial charge in [0.15, 0.2) is 21.9 Å². The molecule has 4 rings (SSSR count). The van der Waals surface area contributed by atoms with Crippen LogP contribution in [0.15, 0.2) is 46.5 Å². The largest absolute Gasteiger partial charge is 0.490 e. The number of nitrogens with two attached hydrogens (primary N) is 2. The number of hydrogen-bond acceptors (Lipinski definition) is 11. The fourth-order valence-electron chi connectivity index (χ4n) is 3.56. The molecule has 37 heavy (non-hydrogen) atoms. The zero-order chi connectivity index (χ0) is 27.2. The third-order valence-electron chi connectivity index (χ3n) is 4.95. The van der Waals surface area contributed by atoms with Crippen LogP contribution in [0.1, 0.15) is 0 Å². The number of hydrogen-bond donors (Lipinski definition) is 4. The Kier molecular flexibility index (Phi) is 6.48. The van der Waals surface area contributed by atoms with Crippen molar-refractivity contribution in [3.63, 3.8) is 0 Å². The van der Waals surface area contributed by atoms with Gasteiger partial charge in [-0.15, -0.1) is 5.10 Å². The fourth-order valence-corrected chi connectivity index (χ4v) is 6.46. The van der Waals surface area contributed by atoms with Crippen LogP contribution in [-0.2, 0) is 29.4 Å². The van der Waals surface area contributed by atoms with E-state index in [1.165, 1.54) is 18.3 Å². The monoisotopic (exact) mass is 560 g/mol. The molecule has 6 N–H and O–H groups in total. The van der Waals surface area contributed by atoms with E-state index < -0.39 is 53.8 Å². The van der Waals surface area contributed by atoms with Gasteiger partial charge < -0.3 is 9.72 Å². The summed E-state index contributed by atoms with van der Waals surface area (Å²) in [5.41, 5.74) is 5.90. The first-order valence-corrected chi connectivity index (χ1v) is 13.0. The molecule has 0 aliphatic rings. The second kappa shape index (κ2) is 9.18. The van der Waals surface area contributed by atoms with Gasteiger partial charge in [-0.3, -0.25) is 5.73 Å². The van der Waals surface area contributed by atoms with E-state index in [0.29, 0.717) is 16.6 Å². The lowest BCUT2D eigenvalue weighted by Crippen LogP contribution is -2.39. The third kappa shape index (κ3) is 5.14. The molecule has 3 heterocycles. The number of halogens is 3. The first-order valence-electron chi connectivity index (χ1n) is 9.82. The molecule has 196 valence electrons. The van der Waals surface area contributed by atoms with Gasteiger partial charge in [0.05, 0.1) is 4.90 Å². The van der Waals surface area contributed by atoms with Gasteiger partial charge >= 0.3 is 12.1 Å². The van der Waals surface area contributed by atoms with Crippen molar-refractivity contribution in [1.29, 1.82) is 0 Å². The lowest BCUT2D eigenvalue weighted by atomic mass is 9.97. The number of tetrazole rings is 1. The average Bonchev–Trinajstić information content (AvgIpc) is 3.48. The molecule has 0 saturated heterocycles. The van der Waals surface area contributed by atoms with Crippen molar-refractivity contribution in [2.75, 3.05) is 5.75 Å². The number of carbonyl (C=O) groups is 1. The summed E-state index contributed by atoms with van der Waals surface area (Å²) in [5.74, 6) is -4.41. The Balaban J connectivity index is 1.94. The Morgan fingerprint density at radius 2 is 1.84 bits per heavy atom. The predicted molar refractivity (Wildman–Crippen MR) is 118 cm³/mol. The van der Waals surface area contributed by atoms with Crippen molar-refractivity contribution in [3.8, 4) is 22.5 Å². The Bertz CT molecular complexity index is 1700. The van der Waals surface area contributed by atoms with Crippen LogP contribution >= 0.6 is 0 Å². The minimum atomic E-state index is -5.44. The van der Waals surface area contributed by atoms with Gasteiger partial charge in [0.2, 0.25) is 10.0 Å². The molecule has 0 spiro atoms. The minimum absolute atomic E-state index is 0.126. The summed E-state index contributed by atoms with van der Waals surface area (Å²) in [6.07, 6.45) is -4.75. The molecule has 0 aliphatic carbocycles. The Labute approximate surface area is 205 Å². The maximum absolute atomic E-state index is 13.1. The number of sulfone groups is 1. The molecule has 0 aliphatic heterocycles. The molecule has 0 amide bonds. The standard InChI is InChI=1S/C18H15F3N8O6S2/c19-18(20,21)17(30)35-12(22)7-36(31,32)11-2-1-9(8-3-5-24-15-10(8)4-6-25-15)13(14(11)37(23,33)34)16-26-28-29-27-16/h1-6,12H,7,22H2,(H,24,25)(H2,23,33,34)(H,26,27,28,29). The summed E-state index contributed by atoms with van der Waals surface area (Å²) in [7, 11) is -9.71. The van der Waals surface area contributed by atoms with E-state index in [2.05, 4.69) is 35.3 Å². The van der Waals surface area contributed by atoms with Crippen LogP contribution in [0, 0.1) is 0 Å². The van der Waals surface area contributed by atoms with E-state index >= 15 is 0 Å². The Morgan fingerprint density at radius 1 is 1.11 bits per heavy atom. The molecule has 0 fully saturated rings. The van der Waals surface area contributed by atoms with Crippen LogP contribution in [0.25, 0.3) is 33.5 Å². The van der Waals surface area contributed by atoms with Gasteiger partial charge in [-0.1, -0.05) is 6.07 Å². The molecular weight excluding hydrogens is 545 g/mol. The maximum Gasteiger partial charge on any atom is 0.490 e. The zero-order valence-corrected chi connectivity index (χ0v) is 19.7. The number of sulfonamides is 1. The van der Waals surface area contributed by atoms with Crippen molar-refractivity contribution in [2.45, 2.75) is 22.2 Å². The van der Waals surface area contributed by atoms with E-state index in [1.807, 2.05) is 0 Å². The second-order valence-electron chi connectivity index (χ2n) is 7.43. The predicted octanol–water partition coefficient (Wildman–Crippen LogP) is 0.221. The van der Waals surface area contributed by atoms with Crippen LogP contribution in [0.2, 0.25) is 0 Å². The van der Waals surface area contributed by atoms with Gasteiger partial charge in [0.25, 0.3) is 0 Å². The summed E-state index contributed by atoms with van der Waals surface area (Å²) in [5, 5.41) is 18.8. The molecule has 4 aromatic rings. The molecule has 1 aromatic carbocycles. The zero-order valence-electron chi connectivity index (χ0n) is 18.1. The number of fused-ring (bicyclic) bond motifs is 1.